The van der Waals surface area contributed by atoms with E-state index >= 15 is 0 Å². The van der Waals surface area contributed by atoms with Gasteiger partial charge in [-0.2, -0.15) is 0 Å². The Balaban J connectivity index is 1.54. The molecule has 2 N–H and O–H groups in total. The third kappa shape index (κ3) is 5.05. The molecule has 0 bridgehead atoms. The van der Waals surface area contributed by atoms with Crippen LogP contribution < -0.4 is 10.6 Å². The van der Waals surface area contributed by atoms with Crippen LogP contribution in [0, 0.1) is 0 Å². The van der Waals surface area contributed by atoms with Crippen LogP contribution in [-0.4, -0.2) is 24.0 Å². The van der Waals surface area contributed by atoms with Crippen LogP contribution in [0.25, 0.3) is 22.2 Å². The van der Waals surface area contributed by atoms with Gasteiger partial charge in [0.1, 0.15) is 0 Å². The molecule has 0 radical (unpaired) electrons. The molecule has 0 spiro atoms. The maximum atomic E-state index is 13.0. The van der Waals surface area contributed by atoms with E-state index in [1.165, 1.54) is 5.56 Å². The van der Waals surface area contributed by atoms with Crippen molar-refractivity contribution in [1.29, 1.82) is 0 Å². The smallest absolute Gasteiger partial charge is 0.252 e. The molecule has 0 unspecified atom stereocenters. The van der Waals surface area contributed by atoms with E-state index in [9.17, 15) is 4.79 Å². The van der Waals surface area contributed by atoms with E-state index in [1.807, 2.05) is 42.5 Å². The number of carbonyl (C=O) groups excluding carboxylic acids is 1. The zero-order valence-electron chi connectivity index (χ0n) is 17.0. The van der Waals surface area contributed by atoms with Crippen LogP contribution >= 0.6 is 34.8 Å². The van der Waals surface area contributed by atoms with Gasteiger partial charge in [-0.3, -0.25) is 4.79 Å². The van der Waals surface area contributed by atoms with Gasteiger partial charge in [0, 0.05) is 30.6 Å². The normalized spacial score (nSPS) is 11.0. The zero-order chi connectivity index (χ0) is 22.5. The second kappa shape index (κ2) is 10.3. The Morgan fingerprint density at radius 2 is 1.59 bits per heavy atom. The number of para-hydroxylation sites is 1. The van der Waals surface area contributed by atoms with E-state index in [0.29, 0.717) is 45.5 Å². The van der Waals surface area contributed by atoms with Crippen LogP contribution in [0.15, 0.2) is 72.8 Å². The SMILES string of the molecule is O=C(NCCNCc1ccccc1)c1cc(-c2ccc(Cl)c(Cl)c2Cl)nc2ccccc12. The average Bonchev–Trinajstić information content (AvgIpc) is 2.82. The first-order valence-electron chi connectivity index (χ1n) is 10.1. The van der Waals surface area contributed by atoms with Crippen molar-refractivity contribution in [2.75, 3.05) is 13.1 Å². The number of rotatable bonds is 7. The van der Waals surface area contributed by atoms with Crippen molar-refractivity contribution in [3.8, 4) is 11.3 Å². The summed E-state index contributed by atoms with van der Waals surface area (Å²) in [5.41, 5.74) is 3.59. The van der Waals surface area contributed by atoms with Gasteiger partial charge in [0.05, 0.1) is 31.8 Å². The van der Waals surface area contributed by atoms with Crippen molar-refractivity contribution in [2.45, 2.75) is 6.54 Å². The Morgan fingerprint density at radius 1 is 0.844 bits per heavy atom. The number of aromatic nitrogens is 1. The van der Waals surface area contributed by atoms with Crippen molar-refractivity contribution < 1.29 is 4.79 Å². The van der Waals surface area contributed by atoms with Gasteiger partial charge < -0.3 is 10.6 Å². The highest BCUT2D eigenvalue weighted by atomic mass is 35.5. The lowest BCUT2D eigenvalue weighted by atomic mass is 10.0. The molecule has 0 aliphatic heterocycles. The maximum Gasteiger partial charge on any atom is 0.252 e. The Bertz CT molecular complexity index is 1260. The van der Waals surface area contributed by atoms with Crippen molar-refractivity contribution in [2.24, 2.45) is 0 Å². The Morgan fingerprint density at radius 3 is 2.41 bits per heavy atom. The number of nitrogens with zero attached hydrogens (tertiary/aromatic N) is 1. The third-order valence-electron chi connectivity index (χ3n) is 5.03. The number of nitrogens with one attached hydrogen (secondary N) is 2. The second-order valence-corrected chi connectivity index (χ2v) is 8.38. The minimum absolute atomic E-state index is 0.178. The predicted molar refractivity (Wildman–Crippen MR) is 133 cm³/mol. The summed E-state index contributed by atoms with van der Waals surface area (Å²) < 4.78 is 0. The summed E-state index contributed by atoms with van der Waals surface area (Å²) in [5.74, 6) is -0.178. The standard InChI is InChI=1S/C25H20Cl3N3O/c26-20-11-10-18(23(27)24(20)28)22-14-19(17-8-4-5-9-21(17)31-22)25(32)30-13-12-29-15-16-6-2-1-3-7-16/h1-11,14,29H,12-13,15H2,(H,30,32). The van der Waals surface area contributed by atoms with E-state index in [1.54, 1.807) is 18.2 Å². The molecule has 4 rings (SSSR count). The van der Waals surface area contributed by atoms with Crippen molar-refractivity contribution >= 4 is 51.6 Å². The number of hydrogen-bond acceptors (Lipinski definition) is 3. The summed E-state index contributed by atoms with van der Waals surface area (Å²) in [7, 11) is 0. The molecule has 32 heavy (non-hydrogen) atoms. The number of pyridine rings is 1. The van der Waals surface area contributed by atoms with Crippen LogP contribution in [-0.2, 0) is 6.54 Å². The van der Waals surface area contributed by atoms with Gasteiger partial charge in [0.2, 0.25) is 0 Å². The summed E-state index contributed by atoms with van der Waals surface area (Å²) in [5, 5.41) is 8.01. The van der Waals surface area contributed by atoms with Crippen LogP contribution in [0.4, 0.5) is 0 Å². The lowest BCUT2D eigenvalue weighted by Crippen LogP contribution is -2.31. The molecule has 1 aromatic heterocycles. The fraction of sp³-hybridized carbons (Fsp3) is 0.120. The molecule has 4 nitrogen and oxygen atoms in total. The molecule has 162 valence electrons. The van der Waals surface area contributed by atoms with E-state index in [2.05, 4.69) is 27.8 Å². The Kier molecular flexibility index (Phi) is 7.28. The highest BCUT2D eigenvalue weighted by Gasteiger charge is 2.17. The summed E-state index contributed by atoms with van der Waals surface area (Å²) in [4.78, 5) is 17.7. The Labute approximate surface area is 201 Å². The highest BCUT2D eigenvalue weighted by Crippen LogP contribution is 2.38. The molecular formula is C25H20Cl3N3O. The third-order valence-corrected chi connectivity index (χ3v) is 6.32. The summed E-state index contributed by atoms with van der Waals surface area (Å²) in [6.07, 6.45) is 0. The molecule has 4 aromatic rings. The summed E-state index contributed by atoms with van der Waals surface area (Å²) in [6, 6.07) is 22.8. The van der Waals surface area contributed by atoms with Gasteiger partial charge in [-0.25, -0.2) is 4.98 Å². The average molecular weight is 485 g/mol. The predicted octanol–water partition coefficient (Wildman–Crippen LogP) is 6.38. The van der Waals surface area contributed by atoms with Gasteiger partial charge in [0.15, 0.2) is 0 Å². The minimum Gasteiger partial charge on any atom is -0.351 e. The first kappa shape index (κ1) is 22.6. The number of halogens is 3. The number of amides is 1. The molecular weight excluding hydrogens is 465 g/mol. The van der Waals surface area contributed by atoms with E-state index < -0.39 is 0 Å². The van der Waals surface area contributed by atoms with E-state index in [4.69, 9.17) is 34.8 Å². The van der Waals surface area contributed by atoms with Crippen molar-refractivity contribution in [3.63, 3.8) is 0 Å². The first-order chi connectivity index (χ1) is 15.5. The summed E-state index contributed by atoms with van der Waals surface area (Å²) in [6.45, 7) is 1.88. The van der Waals surface area contributed by atoms with Crippen LogP contribution in [0.3, 0.4) is 0 Å². The zero-order valence-corrected chi connectivity index (χ0v) is 19.3. The monoisotopic (exact) mass is 483 g/mol. The maximum absolute atomic E-state index is 13.0. The molecule has 1 heterocycles. The number of carbonyl (C=O) groups is 1. The molecule has 0 saturated heterocycles. The van der Waals surface area contributed by atoms with E-state index in [-0.39, 0.29) is 10.9 Å². The molecule has 0 fully saturated rings. The summed E-state index contributed by atoms with van der Waals surface area (Å²) >= 11 is 18.7. The fourth-order valence-corrected chi connectivity index (χ4v) is 4.05. The quantitative estimate of drug-likeness (QED) is 0.236. The van der Waals surface area contributed by atoms with Gasteiger partial charge in [-0.05, 0) is 29.8 Å². The molecule has 0 aliphatic rings. The van der Waals surface area contributed by atoms with Gasteiger partial charge in [-0.15, -0.1) is 0 Å². The Hall–Kier alpha value is -2.63. The second-order valence-electron chi connectivity index (χ2n) is 7.21. The van der Waals surface area contributed by atoms with Gasteiger partial charge in [-0.1, -0.05) is 83.3 Å². The van der Waals surface area contributed by atoms with Crippen LogP contribution in [0.2, 0.25) is 15.1 Å². The van der Waals surface area contributed by atoms with Crippen LogP contribution in [0.1, 0.15) is 15.9 Å². The number of hydrogen-bond donors (Lipinski definition) is 2. The van der Waals surface area contributed by atoms with Gasteiger partial charge in [0.25, 0.3) is 5.91 Å². The van der Waals surface area contributed by atoms with Crippen LogP contribution in [0.5, 0.6) is 0 Å². The largest absolute Gasteiger partial charge is 0.351 e. The van der Waals surface area contributed by atoms with E-state index in [0.717, 1.165) is 11.9 Å². The van der Waals surface area contributed by atoms with Crippen molar-refractivity contribution in [1.82, 2.24) is 15.6 Å². The molecule has 1 amide bonds. The lowest BCUT2D eigenvalue weighted by Gasteiger charge is -2.12. The van der Waals surface area contributed by atoms with Crippen molar-refractivity contribution in [3.05, 3.63) is 99.0 Å². The number of benzene rings is 3. The molecule has 0 atom stereocenters. The molecule has 0 saturated carbocycles. The van der Waals surface area contributed by atoms with Gasteiger partial charge >= 0.3 is 0 Å². The molecule has 3 aromatic carbocycles. The molecule has 7 heteroatoms. The number of fused-ring (bicyclic) bond motifs is 1. The molecule has 0 aliphatic carbocycles. The topological polar surface area (TPSA) is 54.0 Å². The lowest BCUT2D eigenvalue weighted by molar-refractivity contribution is 0.0955. The first-order valence-corrected chi connectivity index (χ1v) is 11.2. The highest BCUT2D eigenvalue weighted by molar-refractivity contribution is 6.49. The minimum atomic E-state index is -0.178. The fourth-order valence-electron chi connectivity index (χ4n) is 3.41.